The van der Waals surface area contributed by atoms with Crippen LogP contribution in [-0.4, -0.2) is 29.1 Å². The minimum Gasteiger partial charge on any atom is -0.375 e. The molecule has 1 amide bonds. The van der Waals surface area contributed by atoms with E-state index in [0.29, 0.717) is 19.4 Å². The fourth-order valence-electron chi connectivity index (χ4n) is 2.43. The lowest BCUT2D eigenvalue weighted by molar-refractivity contribution is -0.141. The average molecular weight is 302 g/mol. The van der Waals surface area contributed by atoms with E-state index in [-0.39, 0.29) is 6.04 Å². The fourth-order valence-corrected chi connectivity index (χ4v) is 2.43. The van der Waals surface area contributed by atoms with Crippen LogP contribution in [0.25, 0.3) is 0 Å². The van der Waals surface area contributed by atoms with Gasteiger partial charge in [0.1, 0.15) is 0 Å². The number of aromatic nitrogens is 1. The predicted octanol–water partition coefficient (Wildman–Crippen LogP) is 2.79. The highest BCUT2D eigenvalue weighted by Gasteiger charge is 2.38. The number of alkyl halides is 3. The van der Waals surface area contributed by atoms with Gasteiger partial charge in [-0.05, 0) is 38.8 Å². The lowest BCUT2D eigenvalue weighted by Gasteiger charge is -2.35. The van der Waals surface area contributed by atoms with Crippen LogP contribution in [0.2, 0.25) is 0 Å². The van der Waals surface area contributed by atoms with Crippen LogP contribution in [0.5, 0.6) is 0 Å². The van der Waals surface area contributed by atoms with Gasteiger partial charge in [0.25, 0.3) is 5.91 Å². The Balaban J connectivity index is 2.14. The second-order valence-electron chi connectivity index (χ2n) is 5.67. The van der Waals surface area contributed by atoms with E-state index in [1.807, 2.05) is 13.8 Å². The molecular formula is C14H17F3N2O2. The number of amides is 1. The first kappa shape index (κ1) is 15.8. The van der Waals surface area contributed by atoms with Crippen LogP contribution in [0.3, 0.4) is 0 Å². The normalized spacial score (nSPS) is 21.9. The zero-order valence-electron chi connectivity index (χ0n) is 11.8. The summed E-state index contributed by atoms with van der Waals surface area (Å²) in [5, 5.41) is 2.64. The molecule has 1 saturated heterocycles. The first-order valence-corrected chi connectivity index (χ1v) is 6.66. The standard InChI is InChI=1S/C14H17F3N2O2/c1-13(2)8-9(5-7-21-13)19-12(20)10-4-3-6-18-11(10)14(15,16)17/h3-4,6,9H,5,7-8H2,1-2H3,(H,19,20)/t9-/m0/s1. The van der Waals surface area contributed by atoms with Crippen LogP contribution < -0.4 is 5.32 Å². The van der Waals surface area contributed by atoms with Crippen LogP contribution in [0.4, 0.5) is 13.2 Å². The smallest absolute Gasteiger partial charge is 0.375 e. The van der Waals surface area contributed by atoms with Gasteiger partial charge in [-0.25, -0.2) is 0 Å². The van der Waals surface area contributed by atoms with Crippen molar-refractivity contribution < 1.29 is 22.7 Å². The molecule has 2 heterocycles. The van der Waals surface area contributed by atoms with E-state index >= 15 is 0 Å². The molecule has 1 N–H and O–H groups in total. The maximum Gasteiger partial charge on any atom is 0.434 e. The molecule has 4 nitrogen and oxygen atoms in total. The average Bonchev–Trinajstić information content (AvgIpc) is 2.36. The fraction of sp³-hybridized carbons (Fsp3) is 0.571. The number of pyridine rings is 1. The summed E-state index contributed by atoms with van der Waals surface area (Å²) in [7, 11) is 0. The van der Waals surface area contributed by atoms with Crippen LogP contribution in [-0.2, 0) is 10.9 Å². The zero-order chi connectivity index (χ0) is 15.7. The molecule has 0 bridgehead atoms. The van der Waals surface area contributed by atoms with Crippen molar-refractivity contribution in [3.05, 3.63) is 29.6 Å². The number of hydrogen-bond acceptors (Lipinski definition) is 3. The Morgan fingerprint density at radius 2 is 2.19 bits per heavy atom. The van der Waals surface area contributed by atoms with Gasteiger partial charge in [0.2, 0.25) is 0 Å². The van der Waals surface area contributed by atoms with Crippen LogP contribution in [0, 0.1) is 0 Å². The second-order valence-corrected chi connectivity index (χ2v) is 5.67. The van der Waals surface area contributed by atoms with Crippen molar-refractivity contribution in [2.75, 3.05) is 6.61 Å². The van der Waals surface area contributed by atoms with E-state index in [9.17, 15) is 18.0 Å². The minimum atomic E-state index is -4.65. The Kier molecular flexibility index (Phi) is 4.22. The highest BCUT2D eigenvalue weighted by Crippen LogP contribution is 2.30. The van der Waals surface area contributed by atoms with Crippen molar-refractivity contribution in [1.29, 1.82) is 0 Å². The van der Waals surface area contributed by atoms with Gasteiger partial charge in [0, 0.05) is 18.8 Å². The summed E-state index contributed by atoms with van der Waals surface area (Å²) in [4.78, 5) is 15.4. The van der Waals surface area contributed by atoms with Gasteiger partial charge in [-0.15, -0.1) is 0 Å². The van der Waals surface area contributed by atoms with Crippen molar-refractivity contribution in [2.24, 2.45) is 0 Å². The lowest BCUT2D eigenvalue weighted by Crippen LogP contribution is -2.46. The molecule has 1 aliphatic heterocycles. The van der Waals surface area contributed by atoms with Gasteiger partial charge < -0.3 is 10.1 Å². The molecule has 1 aliphatic rings. The molecule has 0 aromatic carbocycles. The summed E-state index contributed by atoms with van der Waals surface area (Å²) in [5.74, 6) is -0.752. The number of halogens is 3. The maximum absolute atomic E-state index is 12.8. The summed E-state index contributed by atoms with van der Waals surface area (Å²) >= 11 is 0. The second kappa shape index (κ2) is 5.63. The van der Waals surface area contributed by atoms with E-state index in [0.717, 1.165) is 12.3 Å². The number of hydrogen-bond donors (Lipinski definition) is 1. The van der Waals surface area contributed by atoms with Crippen LogP contribution in [0.15, 0.2) is 18.3 Å². The number of rotatable bonds is 2. The van der Waals surface area contributed by atoms with Crippen LogP contribution >= 0.6 is 0 Å². The topological polar surface area (TPSA) is 51.2 Å². The molecule has 1 fully saturated rings. The Hall–Kier alpha value is -1.63. The maximum atomic E-state index is 12.8. The van der Waals surface area contributed by atoms with E-state index in [2.05, 4.69) is 10.3 Å². The number of ether oxygens (including phenoxy) is 1. The molecule has 1 atom stereocenters. The molecule has 1 aromatic rings. The lowest BCUT2D eigenvalue weighted by atomic mass is 9.93. The summed E-state index contributed by atoms with van der Waals surface area (Å²) in [6.07, 6.45) is -2.49. The molecule has 0 aliphatic carbocycles. The Morgan fingerprint density at radius 3 is 2.81 bits per heavy atom. The molecule has 0 saturated carbocycles. The first-order valence-electron chi connectivity index (χ1n) is 6.66. The summed E-state index contributed by atoms with van der Waals surface area (Å²) in [6.45, 7) is 4.24. The number of nitrogens with one attached hydrogen (secondary N) is 1. The Morgan fingerprint density at radius 1 is 1.48 bits per heavy atom. The van der Waals surface area contributed by atoms with Crippen molar-refractivity contribution in [3.8, 4) is 0 Å². The summed E-state index contributed by atoms with van der Waals surface area (Å²) in [6, 6.07) is 2.25. The van der Waals surface area contributed by atoms with Gasteiger partial charge in [0.15, 0.2) is 5.69 Å². The van der Waals surface area contributed by atoms with Gasteiger partial charge in [-0.3, -0.25) is 9.78 Å². The van der Waals surface area contributed by atoms with Gasteiger partial charge in [-0.2, -0.15) is 13.2 Å². The largest absolute Gasteiger partial charge is 0.434 e. The molecule has 0 radical (unpaired) electrons. The molecule has 7 heteroatoms. The number of carbonyl (C=O) groups excluding carboxylic acids is 1. The monoisotopic (exact) mass is 302 g/mol. The molecule has 116 valence electrons. The molecule has 0 spiro atoms. The quantitative estimate of drug-likeness (QED) is 0.914. The van der Waals surface area contributed by atoms with E-state index in [1.54, 1.807) is 0 Å². The molecule has 1 aromatic heterocycles. The van der Waals surface area contributed by atoms with Gasteiger partial charge in [0.05, 0.1) is 11.2 Å². The van der Waals surface area contributed by atoms with E-state index in [1.165, 1.54) is 6.07 Å². The predicted molar refractivity (Wildman–Crippen MR) is 69.8 cm³/mol. The van der Waals surface area contributed by atoms with Crippen molar-refractivity contribution >= 4 is 5.91 Å². The highest BCUT2D eigenvalue weighted by molar-refractivity contribution is 5.95. The molecular weight excluding hydrogens is 285 g/mol. The third-order valence-corrected chi connectivity index (χ3v) is 3.35. The van der Waals surface area contributed by atoms with Crippen molar-refractivity contribution in [2.45, 2.75) is 44.5 Å². The third-order valence-electron chi connectivity index (χ3n) is 3.35. The number of nitrogens with zero attached hydrogens (tertiary/aromatic N) is 1. The van der Waals surface area contributed by atoms with E-state index in [4.69, 9.17) is 4.74 Å². The van der Waals surface area contributed by atoms with Crippen molar-refractivity contribution in [3.63, 3.8) is 0 Å². The Labute approximate surface area is 120 Å². The minimum absolute atomic E-state index is 0.206. The van der Waals surface area contributed by atoms with Gasteiger partial charge >= 0.3 is 6.18 Å². The number of carbonyl (C=O) groups is 1. The first-order chi connectivity index (χ1) is 9.69. The van der Waals surface area contributed by atoms with E-state index < -0.39 is 28.9 Å². The summed E-state index contributed by atoms with van der Waals surface area (Å²) < 4.78 is 44.1. The molecule has 21 heavy (non-hydrogen) atoms. The molecule has 0 unspecified atom stereocenters. The SMILES string of the molecule is CC1(C)C[C@@H](NC(=O)c2cccnc2C(F)(F)F)CCO1. The highest BCUT2D eigenvalue weighted by atomic mass is 19.4. The van der Waals surface area contributed by atoms with Crippen molar-refractivity contribution in [1.82, 2.24) is 10.3 Å². The Bertz CT molecular complexity index is 529. The van der Waals surface area contributed by atoms with Gasteiger partial charge in [-0.1, -0.05) is 0 Å². The summed E-state index contributed by atoms with van der Waals surface area (Å²) in [5.41, 5.74) is -2.00. The third kappa shape index (κ3) is 3.93. The zero-order valence-corrected chi connectivity index (χ0v) is 11.8. The van der Waals surface area contributed by atoms with Crippen LogP contribution in [0.1, 0.15) is 42.7 Å². The molecule has 2 rings (SSSR count).